The second-order valence-electron chi connectivity index (χ2n) is 9.02. The standard InChI is InChI=1S/C27H29N3O4S/c1-18-27(29-25(34-18)20-8-10-24(11-9-20)33-13-5-12-31)14-21-6-3-4-7-22(21)15-30(26(27)32)16-23-17-35-19(2)28-23/h3-4,6-11,17-18,31H,5,12-16H2,1-2H3/t18-,27-/m0/s1. The van der Waals surface area contributed by atoms with E-state index in [1.807, 2.05) is 60.5 Å². The Bertz CT molecular complexity index is 1240. The molecule has 5 rings (SSSR count). The molecule has 1 N–H and O–H groups in total. The quantitative estimate of drug-likeness (QED) is 0.507. The molecule has 8 heteroatoms. The van der Waals surface area contributed by atoms with Crippen molar-refractivity contribution in [2.45, 2.75) is 51.4 Å². The van der Waals surface area contributed by atoms with Gasteiger partial charge in [-0.1, -0.05) is 24.3 Å². The Morgan fingerprint density at radius 1 is 1.20 bits per heavy atom. The number of carbonyl (C=O) groups excluding carboxylic acids is 1. The summed E-state index contributed by atoms with van der Waals surface area (Å²) in [5.74, 6) is 1.15. The van der Waals surface area contributed by atoms with Gasteiger partial charge in [-0.3, -0.25) is 4.79 Å². The zero-order chi connectivity index (χ0) is 24.4. The molecule has 7 nitrogen and oxygen atoms in total. The second-order valence-corrected chi connectivity index (χ2v) is 10.1. The van der Waals surface area contributed by atoms with Crippen molar-refractivity contribution in [2.24, 2.45) is 4.99 Å². The van der Waals surface area contributed by atoms with Crippen molar-refractivity contribution in [1.29, 1.82) is 0 Å². The van der Waals surface area contributed by atoms with Gasteiger partial charge < -0.3 is 19.5 Å². The predicted octanol–water partition coefficient (Wildman–Crippen LogP) is 3.90. The molecule has 1 spiro atoms. The largest absolute Gasteiger partial charge is 0.494 e. The lowest BCUT2D eigenvalue weighted by atomic mass is 9.85. The zero-order valence-electron chi connectivity index (χ0n) is 19.9. The molecule has 182 valence electrons. The van der Waals surface area contributed by atoms with Crippen molar-refractivity contribution in [3.8, 4) is 5.75 Å². The third-order valence-electron chi connectivity index (χ3n) is 6.55. The van der Waals surface area contributed by atoms with Gasteiger partial charge in [-0.15, -0.1) is 11.3 Å². The maximum absolute atomic E-state index is 14.1. The van der Waals surface area contributed by atoms with Crippen LogP contribution in [0.1, 0.15) is 40.7 Å². The topological polar surface area (TPSA) is 84.2 Å². The van der Waals surface area contributed by atoms with Crippen molar-refractivity contribution >= 4 is 23.1 Å². The normalized spacial score (nSPS) is 21.5. The average Bonchev–Trinajstić information content (AvgIpc) is 3.39. The number of ether oxygens (including phenoxy) is 2. The summed E-state index contributed by atoms with van der Waals surface area (Å²) in [6.07, 6.45) is 0.649. The number of rotatable bonds is 7. The van der Waals surface area contributed by atoms with Crippen LogP contribution in [0, 0.1) is 6.92 Å². The summed E-state index contributed by atoms with van der Waals surface area (Å²) in [6, 6.07) is 15.7. The summed E-state index contributed by atoms with van der Waals surface area (Å²) in [6.45, 7) is 5.41. The second kappa shape index (κ2) is 9.79. The summed E-state index contributed by atoms with van der Waals surface area (Å²) < 4.78 is 11.9. The van der Waals surface area contributed by atoms with Crippen LogP contribution in [-0.2, 0) is 29.0 Å². The molecule has 2 atom stereocenters. The van der Waals surface area contributed by atoms with Crippen LogP contribution in [0.2, 0.25) is 0 Å². The number of benzene rings is 2. The van der Waals surface area contributed by atoms with Gasteiger partial charge in [0.05, 0.1) is 23.9 Å². The van der Waals surface area contributed by atoms with E-state index in [1.54, 1.807) is 11.3 Å². The third kappa shape index (κ3) is 4.68. The maximum atomic E-state index is 14.1. The van der Waals surface area contributed by atoms with Crippen molar-refractivity contribution in [1.82, 2.24) is 9.88 Å². The van der Waals surface area contributed by atoms with E-state index in [1.165, 1.54) is 0 Å². The number of aliphatic imine (C=N–C) groups is 1. The molecular weight excluding hydrogens is 462 g/mol. The minimum Gasteiger partial charge on any atom is -0.494 e. The molecule has 0 aliphatic carbocycles. The van der Waals surface area contributed by atoms with E-state index in [0.29, 0.717) is 44.2 Å². The number of nitrogens with zero attached hydrogens (tertiary/aromatic N) is 3. The molecule has 0 saturated carbocycles. The molecule has 0 fully saturated rings. The fraction of sp³-hybridized carbons (Fsp3) is 0.370. The maximum Gasteiger partial charge on any atom is 0.255 e. The SMILES string of the molecule is Cc1nc(CN2Cc3ccccc3C[C@@]3(N=C(c4ccc(OCCCO)cc4)O[C@H]3C)C2=O)cs1. The molecule has 1 aromatic heterocycles. The van der Waals surface area contributed by atoms with Gasteiger partial charge in [-0.05, 0) is 49.2 Å². The van der Waals surface area contributed by atoms with E-state index in [9.17, 15) is 4.79 Å². The molecule has 35 heavy (non-hydrogen) atoms. The highest BCUT2D eigenvalue weighted by Gasteiger charge is 2.53. The monoisotopic (exact) mass is 491 g/mol. The van der Waals surface area contributed by atoms with Crippen LogP contribution in [0.4, 0.5) is 0 Å². The van der Waals surface area contributed by atoms with Crippen molar-refractivity contribution in [2.75, 3.05) is 13.2 Å². The Labute approximate surface area is 209 Å². The highest BCUT2D eigenvalue weighted by atomic mass is 32.1. The van der Waals surface area contributed by atoms with Gasteiger partial charge in [-0.2, -0.15) is 0 Å². The summed E-state index contributed by atoms with van der Waals surface area (Å²) in [5, 5.41) is 11.9. The molecule has 0 radical (unpaired) electrons. The highest BCUT2D eigenvalue weighted by molar-refractivity contribution is 7.09. The Morgan fingerprint density at radius 2 is 1.97 bits per heavy atom. The highest BCUT2D eigenvalue weighted by Crippen LogP contribution is 2.38. The number of carbonyl (C=O) groups is 1. The minimum absolute atomic E-state index is 0.0363. The Morgan fingerprint density at radius 3 is 2.69 bits per heavy atom. The van der Waals surface area contributed by atoms with Crippen LogP contribution in [0.15, 0.2) is 58.9 Å². The number of hydrogen-bond donors (Lipinski definition) is 1. The van der Waals surface area contributed by atoms with Crippen molar-refractivity contribution in [3.63, 3.8) is 0 Å². The van der Waals surface area contributed by atoms with Gasteiger partial charge in [-0.25, -0.2) is 9.98 Å². The average molecular weight is 492 g/mol. The summed E-state index contributed by atoms with van der Waals surface area (Å²) in [5.41, 5.74) is 2.90. The third-order valence-corrected chi connectivity index (χ3v) is 7.37. The fourth-order valence-corrected chi connectivity index (χ4v) is 5.26. The van der Waals surface area contributed by atoms with Gasteiger partial charge in [0.15, 0.2) is 5.54 Å². The molecule has 0 unspecified atom stereocenters. The van der Waals surface area contributed by atoms with Crippen LogP contribution < -0.4 is 4.74 Å². The molecule has 3 heterocycles. The summed E-state index contributed by atoms with van der Waals surface area (Å²) >= 11 is 1.59. The summed E-state index contributed by atoms with van der Waals surface area (Å²) in [7, 11) is 0. The first-order valence-electron chi connectivity index (χ1n) is 11.9. The number of thiazole rings is 1. The molecule has 2 aromatic carbocycles. The first kappa shape index (κ1) is 23.5. The molecule has 0 bridgehead atoms. The van der Waals surface area contributed by atoms with Crippen LogP contribution in [-0.4, -0.2) is 51.7 Å². The van der Waals surface area contributed by atoms with Crippen LogP contribution in [0.5, 0.6) is 5.75 Å². The smallest absolute Gasteiger partial charge is 0.255 e. The predicted molar refractivity (Wildman–Crippen MR) is 135 cm³/mol. The lowest BCUT2D eigenvalue weighted by molar-refractivity contribution is -0.140. The number of fused-ring (bicyclic) bond motifs is 1. The first-order valence-corrected chi connectivity index (χ1v) is 12.7. The van der Waals surface area contributed by atoms with Gasteiger partial charge in [0.2, 0.25) is 5.90 Å². The molecule has 3 aromatic rings. The fourth-order valence-electron chi connectivity index (χ4n) is 4.65. The van der Waals surface area contributed by atoms with E-state index in [-0.39, 0.29) is 12.5 Å². The van der Waals surface area contributed by atoms with Gasteiger partial charge in [0.1, 0.15) is 11.9 Å². The number of hydrogen-bond acceptors (Lipinski definition) is 7. The molecule has 2 aliphatic heterocycles. The lowest BCUT2D eigenvalue weighted by Gasteiger charge is -2.31. The molecule has 0 saturated heterocycles. The number of aromatic nitrogens is 1. The Kier molecular flexibility index (Phi) is 6.58. The lowest BCUT2D eigenvalue weighted by Crippen LogP contribution is -2.52. The number of amides is 1. The number of aryl methyl sites for hydroxylation is 1. The van der Waals surface area contributed by atoms with E-state index in [4.69, 9.17) is 19.6 Å². The van der Waals surface area contributed by atoms with Gasteiger partial charge >= 0.3 is 0 Å². The number of aliphatic hydroxyl groups is 1. The molecule has 2 aliphatic rings. The van der Waals surface area contributed by atoms with E-state index in [2.05, 4.69) is 17.1 Å². The Hall–Kier alpha value is -3.23. The van der Waals surface area contributed by atoms with Crippen LogP contribution >= 0.6 is 11.3 Å². The van der Waals surface area contributed by atoms with Crippen molar-refractivity contribution in [3.05, 3.63) is 81.3 Å². The van der Waals surface area contributed by atoms with Crippen molar-refractivity contribution < 1.29 is 19.4 Å². The van der Waals surface area contributed by atoms with Crippen LogP contribution in [0.3, 0.4) is 0 Å². The van der Waals surface area contributed by atoms with E-state index < -0.39 is 11.6 Å². The van der Waals surface area contributed by atoms with Gasteiger partial charge in [0, 0.05) is 36.9 Å². The van der Waals surface area contributed by atoms with E-state index >= 15 is 0 Å². The zero-order valence-corrected chi connectivity index (χ0v) is 20.8. The van der Waals surface area contributed by atoms with Gasteiger partial charge in [0.25, 0.3) is 5.91 Å². The summed E-state index contributed by atoms with van der Waals surface area (Å²) in [4.78, 5) is 25.6. The Balaban J connectivity index is 1.48. The number of aliphatic hydroxyl groups excluding tert-OH is 1. The van der Waals surface area contributed by atoms with Crippen LogP contribution in [0.25, 0.3) is 0 Å². The first-order chi connectivity index (χ1) is 17.0. The minimum atomic E-state index is -1.04. The van der Waals surface area contributed by atoms with E-state index in [0.717, 1.165) is 27.4 Å². The molecular formula is C27H29N3O4S. The molecule has 1 amide bonds.